The quantitative estimate of drug-likeness (QED) is 0.732. The zero-order valence-corrected chi connectivity index (χ0v) is 10.3. The SMILES string of the molecule is CCOc1ccccc1C(=O)CC(N)COC. The maximum absolute atomic E-state index is 12.0. The third-order valence-electron chi connectivity index (χ3n) is 2.32. The molecule has 0 heterocycles. The van der Waals surface area contributed by atoms with Crippen molar-refractivity contribution in [2.45, 2.75) is 19.4 Å². The van der Waals surface area contributed by atoms with E-state index in [0.29, 0.717) is 24.5 Å². The molecule has 1 aromatic rings. The first kappa shape index (κ1) is 13.7. The molecule has 2 N–H and O–H groups in total. The number of Topliss-reactive ketones (excluding diaryl/α,β-unsaturated/α-hetero) is 1. The standard InChI is InChI=1S/C13H19NO3/c1-3-17-13-7-5-4-6-11(13)12(15)8-10(14)9-16-2/h4-7,10H,3,8-9,14H2,1-2H3. The van der Waals surface area contributed by atoms with Gasteiger partial charge in [0.05, 0.1) is 18.8 Å². The van der Waals surface area contributed by atoms with Gasteiger partial charge in [0.25, 0.3) is 0 Å². The highest BCUT2D eigenvalue weighted by Crippen LogP contribution is 2.19. The van der Waals surface area contributed by atoms with Gasteiger partial charge >= 0.3 is 0 Å². The summed E-state index contributed by atoms with van der Waals surface area (Å²) in [5.41, 5.74) is 6.34. The molecule has 4 heteroatoms. The molecule has 0 aliphatic rings. The van der Waals surface area contributed by atoms with Crippen LogP contribution < -0.4 is 10.5 Å². The van der Waals surface area contributed by atoms with Crippen LogP contribution in [0.5, 0.6) is 5.75 Å². The van der Waals surface area contributed by atoms with Crippen LogP contribution >= 0.6 is 0 Å². The van der Waals surface area contributed by atoms with Crippen molar-refractivity contribution in [3.05, 3.63) is 29.8 Å². The van der Waals surface area contributed by atoms with Gasteiger partial charge in [0, 0.05) is 19.6 Å². The highest BCUT2D eigenvalue weighted by Gasteiger charge is 2.15. The largest absolute Gasteiger partial charge is 0.493 e. The number of carbonyl (C=O) groups is 1. The van der Waals surface area contributed by atoms with Crippen LogP contribution in [-0.4, -0.2) is 32.1 Å². The fraction of sp³-hybridized carbons (Fsp3) is 0.462. The van der Waals surface area contributed by atoms with Crippen molar-refractivity contribution < 1.29 is 14.3 Å². The number of benzene rings is 1. The Bertz CT molecular complexity index is 365. The molecule has 1 rings (SSSR count). The van der Waals surface area contributed by atoms with Crippen molar-refractivity contribution in [2.24, 2.45) is 5.73 Å². The van der Waals surface area contributed by atoms with E-state index in [-0.39, 0.29) is 18.2 Å². The summed E-state index contributed by atoms with van der Waals surface area (Å²) in [7, 11) is 1.57. The Morgan fingerprint density at radius 2 is 2.12 bits per heavy atom. The maximum atomic E-state index is 12.0. The summed E-state index contributed by atoms with van der Waals surface area (Å²) in [4.78, 5) is 12.0. The third-order valence-corrected chi connectivity index (χ3v) is 2.32. The van der Waals surface area contributed by atoms with E-state index in [0.717, 1.165) is 0 Å². The van der Waals surface area contributed by atoms with E-state index in [1.807, 2.05) is 19.1 Å². The molecule has 4 nitrogen and oxygen atoms in total. The number of carbonyl (C=O) groups excluding carboxylic acids is 1. The molecular weight excluding hydrogens is 218 g/mol. The first-order valence-corrected chi connectivity index (χ1v) is 5.68. The first-order chi connectivity index (χ1) is 8.19. The number of hydrogen-bond acceptors (Lipinski definition) is 4. The molecule has 0 saturated carbocycles. The predicted molar refractivity (Wildman–Crippen MR) is 66.4 cm³/mol. The minimum absolute atomic E-state index is 0.0152. The average molecular weight is 237 g/mol. The minimum Gasteiger partial charge on any atom is -0.493 e. The van der Waals surface area contributed by atoms with Crippen molar-refractivity contribution in [3.63, 3.8) is 0 Å². The van der Waals surface area contributed by atoms with Crippen LogP contribution in [0.4, 0.5) is 0 Å². The monoisotopic (exact) mass is 237 g/mol. The zero-order valence-electron chi connectivity index (χ0n) is 10.3. The summed E-state index contributed by atoms with van der Waals surface area (Å²) in [5, 5.41) is 0. The lowest BCUT2D eigenvalue weighted by Gasteiger charge is -2.12. The highest BCUT2D eigenvalue weighted by molar-refractivity contribution is 5.99. The molecule has 0 amide bonds. The van der Waals surface area contributed by atoms with Gasteiger partial charge in [0.2, 0.25) is 0 Å². The molecule has 0 radical (unpaired) electrons. The molecule has 0 fully saturated rings. The van der Waals surface area contributed by atoms with E-state index in [4.69, 9.17) is 15.2 Å². The number of ketones is 1. The zero-order chi connectivity index (χ0) is 12.7. The van der Waals surface area contributed by atoms with Gasteiger partial charge < -0.3 is 15.2 Å². The Morgan fingerprint density at radius 1 is 1.41 bits per heavy atom. The summed E-state index contributed by atoms with van der Waals surface area (Å²) in [6, 6.07) is 6.93. The van der Waals surface area contributed by atoms with Crippen LogP contribution in [0.25, 0.3) is 0 Å². The van der Waals surface area contributed by atoms with Gasteiger partial charge in [-0.1, -0.05) is 12.1 Å². The molecule has 94 valence electrons. The lowest BCUT2D eigenvalue weighted by molar-refractivity contribution is 0.0945. The smallest absolute Gasteiger partial charge is 0.168 e. The molecular formula is C13H19NO3. The molecule has 1 atom stereocenters. The molecule has 1 unspecified atom stereocenters. The van der Waals surface area contributed by atoms with Gasteiger partial charge in [-0.3, -0.25) is 4.79 Å². The lowest BCUT2D eigenvalue weighted by Crippen LogP contribution is -2.28. The molecule has 1 aromatic carbocycles. The summed E-state index contributed by atoms with van der Waals surface area (Å²) >= 11 is 0. The van der Waals surface area contributed by atoms with Gasteiger partial charge in [-0.25, -0.2) is 0 Å². The van der Waals surface area contributed by atoms with E-state index < -0.39 is 0 Å². The van der Waals surface area contributed by atoms with E-state index >= 15 is 0 Å². The van der Waals surface area contributed by atoms with Crippen LogP contribution in [0.1, 0.15) is 23.7 Å². The van der Waals surface area contributed by atoms with Crippen molar-refractivity contribution in [1.29, 1.82) is 0 Å². The number of rotatable bonds is 7. The fourth-order valence-electron chi connectivity index (χ4n) is 1.60. The Morgan fingerprint density at radius 3 is 2.76 bits per heavy atom. The second-order valence-electron chi connectivity index (χ2n) is 3.77. The summed E-state index contributed by atoms with van der Waals surface area (Å²) < 4.78 is 10.3. The maximum Gasteiger partial charge on any atom is 0.168 e. The highest BCUT2D eigenvalue weighted by atomic mass is 16.5. The van der Waals surface area contributed by atoms with Gasteiger partial charge in [-0.05, 0) is 19.1 Å². The summed E-state index contributed by atoms with van der Waals surface area (Å²) in [6.45, 7) is 2.80. The van der Waals surface area contributed by atoms with Crippen molar-refractivity contribution >= 4 is 5.78 Å². The molecule has 0 saturated heterocycles. The number of methoxy groups -OCH3 is 1. The topological polar surface area (TPSA) is 61.5 Å². The Kier molecular flexibility index (Phi) is 5.66. The fourth-order valence-corrected chi connectivity index (χ4v) is 1.60. The van der Waals surface area contributed by atoms with E-state index in [1.54, 1.807) is 19.2 Å². The van der Waals surface area contributed by atoms with Crippen molar-refractivity contribution in [2.75, 3.05) is 20.3 Å². The van der Waals surface area contributed by atoms with Crippen LogP contribution in [0.2, 0.25) is 0 Å². The molecule has 0 aliphatic carbocycles. The third kappa shape index (κ3) is 4.17. The molecule has 0 bridgehead atoms. The average Bonchev–Trinajstić information content (AvgIpc) is 2.30. The summed E-state index contributed by atoms with van der Waals surface area (Å²) in [6.07, 6.45) is 0.262. The Hall–Kier alpha value is -1.39. The van der Waals surface area contributed by atoms with E-state index in [1.165, 1.54) is 0 Å². The van der Waals surface area contributed by atoms with Gasteiger partial charge in [-0.15, -0.1) is 0 Å². The molecule has 0 spiro atoms. The van der Waals surface area contributed by atoms with Crippen LogP contribution in [0.3, 0.4) is 0 Å². The molecule has 0 aromatic heterocycles. The second-order valence-corrected chi connectivity index (χ2v) is 3.77. The first-order valence-electron chi connectivity index (χ1n) is 5.68. The van der Waals surface area contributed by atoms with Gasteiger partial charge in [-0.2, -0.15) is 0 Å². The molecule has 0 aliphatic heterocycles. The van der Waals surface area contributed by atoms with Crippen LogP contribution in [0, 0.1) is 0 Å². The molecule has 17 heavy (non-hydrogen) atoms. The Labute approximate surface area is 102 Å². The number of ether oxygens (including phenoxy) is 2. The van der Waals surface area contributed by atoms with E-state index in [2.05, 4.69) is 0 Å². The van der Waals surface area contributed by atoms with Crippen LogP contribution in [0.15, 0.2) is 24.3 Å². The van der Waals surface area contributed by atoms with E-state index in [9.17, 15) is 4.79 Å². The van der Waals surface area contributed by atoms with Gasteiger partial charge in [0.15, 0.2) is 5.78 Å². The minimum atomic E-state index is -0.276. The number of hydrogen-bond donors (Lipinski definition) is 1. The predicted octanol–water partition coefficient (Wildman–Crippen LogP) is 1.63. The Balaban J connectivity index is 2.74. The second kappa shape index (κ2) is 7.04. The van der Waals surface area contributed by atoms with Crippen molar-refractivity contribution in [3.8, 4) is 5.75 Å². The van der Waals surface area contributed by atoms with Crippen molar-refractivity contribution in [1.82, 2.24) is 0 Å². The summed E-state index contributed by atoms with van der Waals surface area (Å²) in [5.74, 6) is 0.600. The normalized spacial score (nSPS) is 12.2. The number of para-hydroxylation sites is 1. The van der Waals surface area contributed by atoms with Gasteiger partial charge in [0.1, 0.15) is 5.75 Å². The number of nitrogens with two attached hydrogens (primary N) is 1. The lowest BCUT2D eigenvalue weighted by atomic mass is 10.0. The van der Waals surface area contributed by atoms with Crippen LogP contribution in [-0.2, 0) is 4.74 Å².